The van der Waals surface area contributed by atoms with Gasteiger partial charge < -0.3 is 9.47 Å². The summed E-state index contributed by atoms with van der Waals surface area (Å²) >= 11 is 0. The summed E-state index contributed by atoms with van der Waals surface area (Å²) in [5, 5.41) is 0. The first kappa shape index (κ1) is 29.1. The Morgan fingerprint density at radius 2 is 1.26 bits per heavy atom. The highest BCUT2D eigenvalue weighted by atomic mass is 19.4. The molecule has 2 heterocycles. The van der Waals surface area contributed by atoms with E-state index in [1.165, 1.54) is 0 Å². The van der Waals surface area contributed by atoms with Gasteiger partial charge in [0.2, 0.25) is 0 Å². The maximum Gasteiger partial charge on any atom is 0.460 e. The molecule has 0 aromatic heterocycles. The van der Waals surface area contributed by atoms with Crippen LogP contribution in [0.2, 0.25) is 0 Å². The third kappa shape index (κ3) is 6.16. The summed E-state index contributed by atoms with van der Waals surface area (Å²) < 4.78 is 194. The van der Waals surface area contributed by atoms with Crippen molar-refractivity contribution >= 4 is 0 Å². The molecule has 18 heteroatoms. The number of rotatable bonds is 6. The summed E-state index contributed by atoms with van der Waals surface area (Å²) in [6.07, 6.45) is -31.9. The molecule has 202 valence electrons. The van der Waals surface area contributed by atoms with E-state index in [9.17, 15) is 57.1 Å². The van der Waals surface area contributed by atoms with E-state index in [0.29, 0.717) is 0 Å². The number of hydrogen-bond acceptors (Lipinski definition) is 4. The lowest BCUT2D eigenvalue weighted by Crippen LogP contribution is -2.67. The van der Waals surface area contributed by atoms with E-state index in [1.807, 2.05) is 0 Å². The summed E-state index contributed by atoms with van der Waals surface area (Å²) in [5.41, 5.74) is -4.89. The van der Waals surface area contributed by atoms with E-state index >= 15 is 4.39 Å². The minimum Gasteiger partial charge on any atom is -0.373 e. The SMILES string of the molecule is FC(C(F)(F)F)C(F)(F)CC1COC(C(F)(C(F)N2CCN(C(F)(F)F)CC2)C(F)(F)F)CO1. The molecule has 2 aliphatic heterocycles. The molecule has 0 aromatic rings. The van der Waals surface area contributed by atoms with Crippen molar-refractivity contribution in [3.8, 4) is 0 Å². The number of hydrogen-bond donors (Lipinski definition) is 0. The molecule has 5 unspecified atom stereocenters. The fraction of sp³-hybridized carbons (Fsp3) is 1.00. The smallest absolute Gasteiger partial charge is 0.373 e. The molecule has 0 bridgehead atoms. The van der Waals surface area contributed by atoms with Crippen LogP contribution in [0.5, 0.6) is 0 Å². The van der Waals surface area contributed by atoms with Gasteiger partial charge in [-0.15, -0.1) is 0 Å². The fourth-order valence-corrected chi connectivity index (χ4v) is 3.49. The molecule has 0 saturated carbocycles. The predicted octanol–water partition coefficient (Wildman–Crippen LogP) is 4.40. The number of piperazine rings is 1. The molecule has 0 N–H and O–H groups in total. The molecule has 2 rings (SSSR count). The molecule has 0 spiro atoms. The van der Waals surface area contributed by atoms with E-state index in [1.54, 1.807) is 0 Å². The Labute approximate surface area is 182 Å². The Hall–Kier alpha value is -1.14. The van der Waals surface area contributed by atoms with Gasteiger partial charge in [0, 0.05) is 32.6 Å². The second-order valence-electron chi connectivity index (χ2n) is 7.74. The van der Waals surface area contributed by atoms with Gasteiger partial charge in [0.15, 0.2) is 6.30 Å². The van der Waals surface area contributed by atoms with Crippen molar-refractivity contribution in [1.82, 2.24) is 9.80 Å². The monoisotopic (exact) mass is 536 g/mol. The largest absolute Gasteiger partial charge is 0.460 e. The van der Waals surface area contributed by atoms with Crippen molar-refractivity contribution in [2.75, 3.05) is 39.4 Å². The van der Waals surface area contributed by atoms with Gasteiger partial charge in [-0.05, 0) is 0 Å². The van der Waals surface area contributed by atoms with E-state index in [2.05, 4.69) is 9.47 Å². The zero-order valence-corrected chi connectivity index (χ0v) is 16.8. The summed E-state index contributed by atoms with van der Waals surface area (Å²) in [6.45, 7) is -6.77. The highest BCUT2D eigenvalue weighted by molar-refractivity contribution is 5.03. The lowest BCUT2D eigenvalue weighted by Gasteiger charge is -2.45. The minimum atomic E-state index is -6.02. The maximum absolute atomic E-state index is 15.1. The van der Waals surface area contributed by atoms with Crippen LogP contribution < -0.4 is 0 Å². The van der Waals surface area contributed by atoms with Gasteiger partial charge in [-0.2, -0.15) is 39.5 Å². The number of nitrogens with zero attached hydrogens (tertiary/aromatic N) is 2. The van der Waals surface area contributed by atoms with Gasteiger partial charge in [0.25, 0.3) is 17.8 Å². The van der Waals surface area contributed by atoms with Crippen LogP contribution in [0.1, 0.15) is 6.42 Å². The predicted molar refractivity (Wildman–Crippen MR) is 84.0 cm³/mol. The van der Waals surface area contributed by atoms with Gasteiger partial charge >= 0.3 is 18.7 Å². The number of alkyl halides is 14. The first-order valence-corrected chi connectivity index (χ1v) is 9.48. The Morgan fingerprint density at radius 1 is 0.735 bits per heavy atom. The molecule has 4 nitrogen and oxygen atoms in total. The molecule has 2 aliphatic rings. The first-order chi connectivity index (χ1) is 15.2. The van der Waals surface area contributed by atoms with Crippen LogP contribution >= 0.6 is 0 Å². The molecule has 0 amide bonds. The van der Waals surface area contributed by atoms with Crippen molar-refractivity contribution in [1.29, 1.82) is 0 Å². The van der Waals surface area contributed by atoms with Crippen LogP contribution in [0.3, 0.4) is 0 Å². The van der Waals surface area contributed by atoms with Crippen LogP contribution in [0.25, 0.3) is 0 Å². The van der Waals surface area contributed by atoms with Gasteiger partial charge in [0.1, 0.15) is 6.10 Å². The van der Waals surface area contributed by atoms with Crippen LogP contribution in [0.15, 0.2) is 0 Å². The molecular formula is C16H18F14N2O2. The molecule has 2 fully saturated rings. The Bertz CT molecular complexity index is 668. The number of halogens is 14. The van der Waals surface area contributed by atoms with Crippen molar-refractivity contribution in [2.24, 2.45) is 0 Å². The van der Waals surface area contributed by atoms with Crippen LogP contribution in [-0.2, 0) is 9.47 Å². The van der Waals surface area contributed by atoms with E-state index in [4.69, 9.17) is 0 Å². The topological polar surface area (TPSA) is 24.9 Å². The van der Waals surface area contributed by atoms with Gasteiger partial charge in [-0.1, -0.05) is 0 Å². The fourth-order valence-electron chi connectivity index (χ4n) is 3.49. The van der Waals surface area contributed by atoms with Gasteiger partial charge in [-0.3, -0.25) is 4.90 Å². The van der Waals surface area contributed by atoms with Crippen LogP contribution in [0.4, 0.5) is 61.5 Å². The van der Waals surface area contributed by atoms with E-state index in [-0.39, 0.29) is 9.80 Å². The molecular weight excluding hydrogens is 518 g/mol. The second kappa shape index (κ2) is 9.72. The quantitative estimate of drug-likeness (QED) is 0.372. The third-order valence-electron chi connectivity index (χ3n) is 5.37. The first-order valence-electron chi connectivity index (χ1n) is 9.48. The van der Waals surface area contributed by atoms with Crippen LogP contribution in [0, 0.1) is 0 Å². The summed E-state index contributed by atoms with van der Waals surface area (Å²) in [6, 6.07) is 0. The lowest BCUT2D eigenvalue weighted by atomic mass is 9.94. The highest BCUT2D eigenvalue weighted by Gasteiger charge is 2.69. The Morgan fingerprint density at radius 3 is 1.65 bits per heavy atom. The lowest BCUT2D eigenvalue weighted by molar-refractivity contribution is -0.327. The highest BCUT2D eigenvalue weighted by Crippen LogP contribution is 2.45. The van der Waals surface area contributed by atoms with Crippen molar-refractivity contribution in [3.05, 3.63) is 0 Å². The van der Waals surface area contributed by atoms with Crippen molar-refractivity contribution < 1.29 is 70.9 Å². The van der Waals surface area contributed by atoms with E-state index < -0.39 is 101 Å². The molecule has 0 aromatic carbocycles. The zero-order valence-electron chi connectivity index (χ0n) is 16.8. The normalized spacial score (nSPS) is 28.4. The second-order valence-corrected chi connectivity index (χ2v) is 7.74. The molecule has 34 heavy (non-hydrogen) atoms. The molecule has 5 atom stereocenters. The Balaban J connectivity index is 2.08. The third-order valence-corrected chi connectivity index (χ3v) is 5.37. The number of ether oxygens (including phenoxy) is 2. The summed E-state index contributed by atoms with van der Waals surface area (Å²) in [7, 11) is 0. The maximum atomic E-state index is 15.1. The standard InChI is InChI=1S/C16H18F14N2O2/c17-10(14(22,23)24)12(19,20)5-8-6-34-9(7-33-8)13(21,15(25,26)27)11(18)31-1-3-32(4-2-31)16(28,29)30/h8-11H,1-7H2. The molecule has 2 saturated heterocycles. The zero-order chi connectivity index (χ0) is 26.3. The average Bonchev–Trinajstić information content (AvgIpc) is 2.70. The van der Waals surface area contributed by atoms with Gasteiger partial charge in [-0.25, -0.2) is 26.9 Å². The minimum absolute atomic E-state index is 0.131. The summed E-state index contributed by atoms with van der Waals surface area (Å²) in [5.74, 6) is -5.06. The van der Waals surface area contributed by atoms with E-state index in [0.717, 1.165) is 0 Å². The Kier molecular flexibility index (Phi) is 8.32. The summed E-state index contributed by atoms with van der Waals surface area (Å²) in [4.78, 5) is 0.0180. The van der Waals surface area contributed by atoms with Gasteiger partial charge in [0.05, 0.1) is 19.3 Å². The van der Waals surface area contributed by atoms with Crippen molar-refractivity contribution in [3.63, 3.8) is 0 Å². The molecule has 0 radical (unpaired) electrons. The average molecular weight is 536 g/mol. The van der Waals surface area contributed by atoms with Crippen molar-refractivity contribution in [2.45, 2.75) is 61.3 Å². The molecule has 0 aliphatic carbocycles. The van der Waals surface area contributed by atoms with Crippen LogP contribution in [-0.4, -0.2) is 104 Å².